The van der Waals surface area contributed by atoms with Gasteiger partial charge in [0.05, 0.1) is 4.88 Å². The Balaban J connectivity index is 2.41. The molecule has 0 saturated carbocycles. The van der Waals surface area contributed by atoms with Crippen LogP contribution in [0.5, 0.6) is 0 Å². The number of aryl methyl sites for hydroxylation is 1. The highest BCUT2D eigenvalue weighted by Gasteiger charge is 2.17. The van der Waals surface area contributed by atoms with Gasteiger partial charge in [0.15, 0.2) is 0 Å². The summed E-state index contributed by atoms with van der Waals surface area (Å²) in [5, 5.41) is 12.2. The Hall–Kier alpha value is -0.160. The van der Waals surface area contributed by atoms with Gasteiger partial charge in [-0.25, -0.2) is 0 Å². The Morgan fingerprint density at radius 1 is 1.19 bits per heavy atom. The molecule has 0 radical (unpaired) electrons. The van der Waals surface area contributed by atoms with Crippen LogP contribution in [0.15, 0.2) is 38.6 Å². The van der Waals surface area contributed by atoms with Gasteiger partial charge in [-0.3, -0.25) is 0 Å². The van der Waals surface area contributed by atoms with E-state index in [-0.39, 0.29) is 0 Å². The van der Waals surface area contributed by atoms with Crippen LogP contribution in [0, 0.1) is 6.92 Å². The van der Waals surface area contributed by atoms with Gasteiger partial charge in [0.1, 0.15) is 6.10 Å². The molecule has 0 saturated heterocycles. The van der Waals surface area contributed by atoms with Crippen molar-refractivity contribution in [3.8, 4) is 0 Å². The molecular weight excluding hydrogens is 352 g/mol. The molecule has 0 aliphatic rings. The Morgan fingerprint density at radius 2 is 1.94 bits per heavy atom. The van der Waals surface area contributed by atoms with E-state index in [0.717, 1.165) is 19.4 Å². The average molecular weight is 362 g/mol. The summed E-state index contributed by atoms with van der Waals surface area (Å²) in [7, 11) is 0. The van der Waals surface area contributed by atoms with E-state index >= 15 is 0 Å². The van der Waals surface area contributed by atoms with Crippen LogP contribution in [0.1, 0.15) is 22.1 Å². The van der Waals surface area contributed by atoms with Gasteiger partial charge in [-0.15, -0.1) is 11.3 Å². The second-order valence-electron chi connectivity index (χ2n) is 3.56. The molecule has 1 atom stereocenters. The van der Waals surface area contributed by atoms with Gasteiger partial charge in [-0.05, 0) is 51.5 Å². The predicted octanol–water partition coefficient (Wildman–Crippen LogP) is 4.66. The zero-order valence-corrected chi connectivity index (χ0v) is 12.6. The minimum Gasteiger partial charge on any atom is -0.383 e. The van der Waals surface area contributed by atoms with Crippen LogP contribution in [-0.2, 0) is 0 Å². The molecule has 0 aliphatic carbocycles. The molecule has 0 bridgehead atoms. The van der Waals surface area contributed by atoms with Crippen LogP contribution in [0.3, 0.4) is 0 Å². The van der Waals surface area contributed by atoms with Crippen LogP contribution in [0.25, 0.3) is 0 Å². The summed E-state index contributed by atoms with van der Waals surface area (Å²) >= 11 is 8.47. The maximum absolute atomic E-state index is 10.3. The second-order valence-corrected chi connectivity index (χ2v) is 6.22. The molecule has 1 unspecified atom stereocenters. The summed E-state index contributed by atoms with van der Waals surface area (Å²) in [5.41, 5.74) is 2.07. The minimum absolute atomic E-state index is 0.579. The molecule has 0 aliphatic heterocycles. The van der Waals surface area contributed by atoms with Gasteiger partial charge in [0.2, 0.25) is 0 Å². The van der Waals surface area contributed by atoms with Crippen molar-refractivity contribution >= 4 is 43.2 Å². The summed E-state index contributed by atoms with van der Waals surface area (Å²) in [6.45, 7) is 2.03. The lowest BCUT2D eigenvalue weighted by Crippen LogP contribution is -1.99. The zero-order chi connectivity index (χ0) is 11.7. The molecule has 0 amide bonds. The first-order chi connectivity index (χ1) is 7.59. The Labute approximate surface area is 115 Å². The maximum atomic E-state index is 10.3. The van der Waals surface area contributed by atoms with Gasteiger partial charge >= 0.3 is 0 Å². The largest absolute Gasteiger partial charge is 0.383 e. The van der Waals surface area contributed by atoms with E-state index in [9.17, 15) is 5.11 Å². The van der Waals surface area contributed by atoms with Gasteiger partial charge < -0.3 is 5.11 Å². The van der Waals surface area contributed by atoms with E-state index in [1.54, 1.807) is 11.3 Å². The first-order valence-corrected chi connectivity index (χ1v) is 7.23. The topological polar surface area (TPSA) is 20.2 Å². The second kappa shape index (κ2) is 5.00. The lowest BCUT2D eigenvalue weighted by atomic mass is 10.1. The van der Waals surface area contributed by atoms with Crippen molar-refractivity contribution in [1.29, 1.82) is 0 Å². The monoisotopic (exact) mass is 360 g/mol. The van der Waals surface area contributed by atoms with Crippen LogP contribution in [-0.4, -0.2) is 5.11 Å². The number of hydrogen-bond donors (Lipinski definition) is 1. The lowest BCUT2D eigenvalue weighted by Gasteiger charge is -2.12. The van der Waals surface area contributed by atoms with E-state index < -0.39 is 6.10 Å². The van der Waals surface area contributed by atoms with Crippen molar-refractivity contribution < 1.29 is 5.11 Å². The van der Waals surface area contributed by atoms with Crippen LogP contribution >= 0.6 is 43.2 Å². The number of aliphatic hydroxyl groups is 1. The van der Waals surface area contributed by atoms with E-state index in [2.05, 4.69) is 31.9 Å². The number of aliphatic hydroxyl groups excluding tert-OH is 1. The molecule has 4 heteroatoms. The molecule has 1 N–H and O–H groups in total. The third-order valence-corrected chi connectivity index (χ3v) is 4.95. The Morgan fingerprint density at radius 3 is 2.50 bits per heavy atom. The summed E-state index contributed by atoms with van der Waals surface area (Å²) < 4.78 is 1.90. The normalized spacial score (nSPS) is 12.8. The first kappa shape index (κ1) is 12.3. The minimum atomic E-state index is -0.579. The number of benzene rings is 1. The fraction of sp³-hybridized carbons (Fsp3) is 0.167. The predicted molar refractivity (Wildman–Crippen MR) is 75.0 cm³/mol. The highest BCUT2D eigenvalue weighted by molar-refractivity contribution is 9.10. The standard InChI is InChI=1S/C12H10Br2OS/c1-7-2-3-8(10(14)6-7)11(15)12-9(13)4-5-16-12/h2-6,11,15H,1H3. The van der Waals surface area contributed by atoms with E-state index in [4.69, 9.17) is 0 Å². The summed E-state index contributed by atoms with van der Waals surface area (Å²) in [6, 6.07) is 7.92. The maximum Gasteiger partial charge on any atom is 0.115 e. The van der Waals surface area contributed by atoms with E-state index in [0.29, 0.717) is 0 Å². The van der Waals surface area contributed by atoms with Crippen molar-refractivity contribution in [2.45, 2.75) is 13.0 Å². The van der Waals surface area contributed by atoms with Crippen molar-refractivity contribution in [3.63, 3.8) is 0 Å². The summed E-state index contributed by atoms with van der Waals surface area (Å²) in [5.74, 6) is 0. The van der Waals surface area contributed by atoms with Gasteiger partial charge in [0.25, 0.3) is 0 Å². The molecule has 1 aromatic heterocycles. The lowest BCUT2D eigenvalue weighted by molar-refractivity contribution is 0.222. The smallest absolute Gasteiger partial charge is 0.115 e. The van der Waals surface area contributed by atoms with Gasteiger partial charge in [-0.2, -0.15) is 0 Å². The van der Waals surface area contributed by atoms with Crippen LogP contribution in [0.2, 0.25) is 0 Å². The van der Waals surface area contributed by atoms with E-state index in [1.165, 1.54) is 5.56 Å². The van der Waals surface area contributed by atoms with Gasteiger partial charge in [0, 0.05) is 8.95 Å². The fourth-order valence-corrected chi connectivity index (χ4v) is 3.80. The highest BCUT2D eigenvalue weighted by Crippen LogP contribution is 2.36. The molecule has 1 nitrogen and oxygen atoms in total. The zero-order valence-electron chi connectivity index (χ0n) is 8.58. The summed E-state index contributed by atoms with van der Waals surface area (Å²) in [6.07, 6.45) is -0.579. The molecule has 2 rings (SSSR count). The molecule has 1 heterocycles. The van der Waals surface area contributed by atoms with Crippen molar-refractivity contribution in [1.82, 2.24) is 0 Å². The molecule has 2 aromatic rings. The third kappa shape index (κ3) is 2.40. The van der Waals surface area contributed by atoms with E-state index in [1.807, 2.05) is 36.6 Å². The Kier molecular flexibility index (Phi) is 3.85. The first-order valence-electron chi connectivity index (χ1n) is 4.76. The van der Waals surface area contributed by atoms with Gasteiger partial charge in [-0.1, -0.05) is 28.1 Å². The van der Waals surface area contributed by atoms with Crippen molar-refractivity contribution in [3.05, 3.63) is 54.6 Å². The van der Waals surface area contributed by atoms with Crippen molar-refractivity contribution in [2.75, 3.05) is 0 Å². The molecule has 0 spiro atoms. The van der Waals surface area contributed by atoms with Crippen molar-refractivity contribution in [2.24, 2.45) is 0 Å². The molecule has 1 aromatic carbocycles. The van der Waals surface area contributed by atoms with Crippen LogP contribution < -0.4 is 0 Å². The molecule has 0 fully saturated rings. The fourth-order valence-electron chi connectivity index (χ4n) is 1.50. The number of rotatable bonds is 2. The number of halogens is 2. The SMILES string of the molecule is Cc1ccc(C(O)c2sccc2Br)c(Br)c1. The van der Waals surface area contributed by atoms with Crippen LogP contribution in [0.4, 0.5) is 0 Å². The third-order valence-electron chi connectivity index (χ3n) is 2.34. The molecule has 84 valence electrons. The number of hydrogen-bond acceptors (Lipinski definition) is 2. The summed E-state index contributed by atoms with van der Waals surface area (Å²) in [4.78, 5) is 0.935. The molecular formula is C12H10Br2OS. The Bertz CT molecular complexity index is 507. The number of thiophene rings is 1. The highest BCUT2D eigenvalue weighted by atomic mass is 79.9. The quantitative estimate of drug-likeness (QED) is 0.824. The average Bonchev–Trinajstić information content (AvgIpc) is 2.63. The molecule has 16 heavy (non-hydrogen) atoms.